The molecule has 1 aliphatic rings. The number of thiocarbonyl (C=S) groups is 1. The van der Waals surface area contributed by atoms with E-state index in [0.29, 0.717) is 17.1 Å². The summed E-state index contributed by atoms with van der Waals surface area (Å²) in [5.74, 6) is 0.511. The van der Waals surface area contributed by atoms with Gasteiger partial charge in [0.05, 0.1) is 6.21 Å². The van der Waals surface area contributed by atoms with Crippen molar-refractivity contribution < 1.29 is 0 Å². The van der Waals surface area contributed by atoms with Crippen LogP contribution in [0.5, 0.6) is 0 Å². The van der Waals surface area contributed by atoms with Crippen molar-refractivity contribution in [3.63, 3.8) is 0 Å². The van der Waals surface area contributed by atoms with Crippen molar-refractivity contribution in [3.05, 3.63) is 59.2 Å². The Morgan fingerprint density at radius 3 is 2.59 bits per heavy atom. The summed E-state index contributed by atoms with van der Waals surface area (Å²) in [6.45, 7) is 13.7. The van der Waals surface area contributed by atoms with E-state index in [1.807, 2.05) is 36.5 Å². The number of fused-ring (bicyclic) bond motifs is 1. The van der Waals surface area contributed by atoms with Gasteiger partial charge in [-0.25, -0.2) is 0 Å². The molecule has 0 bridgehead atoms. The fourth-order valence-corrected chi connectivity index (χ4v) is 4.74. The van der Waals surface area contributed by atoms with E-state index in [1.165, 1.54) is 16.8 Å². The van der Waals surface area contributed by atoms with Crippen LogP contribution < -0.4 is 15.6 Å². The summed E-state index contributed by atoms with van der Waals surface area (Å²) in [6, 6.07) is 14.9. The Morgan fingerprint density at radius 2 is 1.93 bits per heavy atom. The molecule has 0 amide bonds. The molecule has 1 atom stereocenters. The normalized spacial score (nSPS) is 18.0. The maximum absolute atomic E-state index is 5.33. The lowest BCUT2D eigenvalue weighted by atomic mass is 9.78. The molecule has 0 spiro atoms. The van der Waals surface area contributed by atoms with Gasteiger partial charge in [-0.05, 0) is 100 Å². The van der Waals surface area contributed by atoms with Crippen LogP contribution in [0.15, 0.2) is 47.6 Å². The van der Waals surface area contributed by atoms with E-state index < -0.39 is 0 Å². The van der Waals surface area contributed by atoms with Crippen LogP contribution >= 0.6 is 12.2 Å². The molecule has 0 unspecified atom stereocenters. The van der Waals surface area contributed by atoms with Crippen molar-refractivity contribution in [1.82, 2.24) is 5.43 Å². The SMILES string of the molecule is Cc1cc2c(cc1/C=N/NC(=S)Nc1ccccc1)[C@@H](C)CC(C)(C)N2C(C)C. The molecule has 0 radical (unpaired) electrons. The van der Waals surface area contributed by atoms with E-state index in [0.717, 1.165) is 17.7 Å². The number of nitrogens with one attached hydrogen (secondary N) is 2. The van der Waals surface area contributed by atoms with Gasteiger partial charge in [0.15, 0.2) is 5.11 Å². The zero-order valence-corrected chi connectivity index (χ0v) is 19.1. The summed E-state index contributed by atoms with van der Waals surface area (Å²) in [5.41, 5.74) is 9.10. The summed E-state index contributed by atoms with van der Waals surface area (Å²) in [7, 11) is 0. The van der Waals surface area contributed by atoms with E-state index in [-0.39, 0.29) is 5.54 Å². The van der Waals surface area contributed by atoms with Gasteiger partial charge in [-0.3, -0.25) is 5.43 Å². The highest BCUT2D eigenvalue weighted by molar-refractivity contribution is 7.80. The van der Waals surface area contributed by atoms with Crippen molar-refractivity contribution in [3.8, 4) is 0 Å². The topological polar surface area (TPSA) is 39.7 Å². The lowest BCUT2D eigenvalue weighted by Gasteiger charge is -2.50. The standard InChI is InChI=1S/C24H32N4S/c1-16(2)28-22-12-17(3)19(13-21(22)18(4)14-24(28,5)6)15-25-27-23(29)26-20-10-8-7-9-11-20/h7-13,15-16,18H,14H2,1-6H3,(H2,26,27,29)/b25-15+/t18-/m0/s1. The fraction of sp³-hybridized carbons (Fsp3) is 0.417. The minimum Gasteiger partial charge on any atom is -0.364 e. The number of nitrogens with zero attached hydrogens (tertiary/aromatic N) is 2. The van der Waals surface area contributed by atoms with Crippen LogP contribution in [-0.4, -0.2) is 22.9 Å². The highest BCUT2D eigenvalue weighted by atomic mass is 32.1. The summed E-state index contributed by atoms with van der Waals surface area (Å²) >= 11 is 5.33. The number of rotatable bonds is 4. The molecule has 1 aliphatic heterocycles. The van der Waals surface area contributed by atoms with Crippen LogP contribution in [0.4, 0.5) is 11.4 Å². The molecule has 2 aromatic carbocycles. The van der Waals surface area contributed by atoms with Gasteiger partial charge < -0.3 is 10.2 Å². The summed E-state index contributed by atoms with van der Waals surface area (Å²) in [4.78, 5) is 2.56. The zero-order valence-electron chi connectivity index (χ0n) is 18.3. The van der Waals surface area contributed by atoms with Gasteiger partial charge in [0, 0.05) is 23.0 Å². The molecule has 154 valence electrons. The highest BCUT2D eigenvalue weighted by Crippen LogP contribution is 2.45. The number of anilines is 2. The van der Waals surface area contributed by atoms with Gasteiger partial charge in [-0.1, -0.05) is 25.1 Å². The largest absolute Gasteiger partial charge is 0.364 e. The van der Waals surface area contributed by atoms with Gasteiger partial charge in [-0.15, -0.1) is 0 Å². The van der Waals surface area contributed by atoms with Crippen LogP contribution in [0.3, 0.4) is 0 Å². The Balaban J connectivity index is 1.79. The average molecular weight is 409 g/mol. The Bertz CT molecular complexity index is 903. The molecule has 2 aromatic rings. The van der Waals surface area contributed by atoms with E-state index in [4.69, 9.17) is 12.2 Å². The smallest absolute Gasteiger partial charge is 0.191 e. The first-order chi connectivity index (χ1) is 13.7. The van der Waals surface area contributed by atoms with Crippen LogP contribution in [0.25, 0.3) is 0 Å². The minimum absolute atomic E-state index is 0.152. The molecule has 4 nitrogen and oxygen atoms in total. The monoisotopic (exact) mass is 408 g/mol. The molecule has 5 heteroatoms. The lowest BCUT2D eigenvalue weighted by Crippen LogP contribution is -2.51. The number of benzene rings is 2. The molecule has 1 heterocycles. The van der Waals surface area contributed by atoms with Gasteiger partial charge in [0.25, 0.3) is 0 Å². The third-order valence-electron chi connectivity index (χ3n) is 5.58. The minimum atomic E-state index is 0.152. The van der Waals surface area contributed by atoms with Crippen molar-refractivity contribution >= 4 is 34.9 Å². The van der Waals surface area contributed by atoms with Gasteiger partial charge in [0.2, 0.25) is 0 Å². The lowest BCUT2D eigenvalue weighted by molar-refractivity contribution is 0.356. The Kier molecular flexibility index (Phi) is 6.27. The van der Waals surface area contributed by atoms with Crippen LogP contribution in [-0.2, 0) is 0 Å². The molecule has 0 aliphatic carbocycles. The Labute approximate surface area is 180 Å². The molecular weight excluding hydrogens is 376 g/mol. The molecular formula is C24H32N4S. The molecule has 0 saturated heterocycles. The third-order valence-corrected chi connectivity index (χ3v) is 5.77. The molecule has 29 heavy (non-hydrogen) atoms. The van der Waals surface area contributed by atoms with E-state index in [1.54, 1.807) is 0 Å². The van der Waals surface area contributed by atoms with Crippen molar-refractivity contribution in [1.29, 1.82) is 0 Å². The number of hydrogen-bond acceptors (Lipinski definition) is 3. The van der Waals surface area contributed by atoms with Gasteiger partial charge in [0.1, 0.15) is 0 Å². The predicted octanol–water partition coefficient (Wildman–Crippen LogP) is 5.82. The second-order valence-corrected chi connectivity index (χ2v) is 9.25. The Morgan fingerprint density at radius 1 is 1.24 bits per heavy atom. The van der Waals surface area contributed by atoms with Crippen LogP contribution in [0.1, 0.15) is 63.6 Å². The van der Waals surface area contributed by atoms with Gasteiger partial charge in [-0.2, -0.15) is 5.10 Å². The number of hydrogen-bond donors (Lipinski definition) is 2. The van der Waals surface area contributed by atoms with Gasteiger partial charge >= 0.3 is 0 Å². The average Bonchev–Trinajstić information content (AvgIpc) is 2.62. The van der Waals surface area contributed by atoms with Crippen molar-refractivity contribution in [2.75, 3.05) is 10.2 Å². The first-order valence-corrected chi connectivity index (χ1v) is 10.7. The van der Waals surface area contributed by atoms with Crippen molar-refractivity contribution in [2.45, 2.75) is 65.5 Å². The van der Waals surface area contributed by atoms with E-state index in [9.17, 15) is 0 Å². The summed E-state index contributed by atoms with van der Waals surface area (Å²) in [5, 5.41) is 7.97. The number of aryl methyl sites for hydroxylation is 1. The first kappa shape index (κ1) is 21.3. The van der Waals surface area contributed by atoms with Crippen molar-refractivity contribution in [2.24, 2.45) is 5.10 Å². The van der Waals surface area contributed by atoms with E-state index >= 15 is 0 Å². The first-order valence-electron chi connectivity index (χ1n) is 10.3. The summed E-state index contributed by atoms with van der Waals surface area (Å²) < 4.78 is 0. The maximum Gasteiger partial charge on any atom is 0.191 e. The number of para-hydroxylation sites is 1. The molecule has 0 aromatic heterocycles. The predicted molar refractivity (Wildman–Crippen MR) is 129 cm³/mol. The van der Waals surface area contributed by atoms with Crippen LogP contribution in [0, 0.1) is 6.92 Å². The number of hydrazone groups is 1. The zero-order chi connectivity index (χ0) is 21.2. The molecule has 3 rings (SSSR count). The second kappa shape index (κ2) is 8.54. The second-order valence-electron chi connectivity index (χ2n) is 8.84. The molecule has 0 saturated carbocycles. The quantitative estimate of drug-likeness (QED) is 0.380. The molecule has 2 N–H and O–H groups in total. The maximum atomic E-state index is 5.33. The highest BCUT2D eigenvalue weighted by Gasteiger charge is 2.37. The summed E-state index contributed by atoms with van der Waals surface area (Å²) in [6.07, 6.45) is 3.00. The van der Waals surface area contributed by atoms with Crippen LogP contribution in [0.2, 0.25) is 0 Å². The third kappa shape index (κ3) is 4.78. The van der Waals surface area contributed by atoms with E-state index in [2.05, 4.69) is 74.4 Å². The molecule has 0 fully saturated rings. The Hall–Kier alpha value is -2.40. The fourth-order valence-electron chi connectivity index (χ4n) is 4.57.